The van der Waals surface area contributed by atoms with Crippen LogP contribution in [0, 0.1) is 0 Å². The zero-order chi connectivity index (χ0) is 13.9. The Labute approximate surface area is 119 Å². The molecule has 104 valence electrons. The molecule has 0 aliphatic carbocycles. The minimum atomic E-state index is -0.431. The van der Waals surface area contributed by atoms with Crippen molar-refractivity contribution in [3.05, 3.63) is 24.4 Å². The van der Waals surface area contributed by atoms with Gasteiger partial charge in [0.2, 0.25) is 5.13 Å². The molecule has 7 nitrogen and oxygen atoms in total. The fourth-order valence-electron chi connectivity index (χ4n) is 1.96. The summed E-state index contributed by atoms with van der Waals surface area (Å²) < 4.78 is 0. The minimum absolute atomic E-state index is 0.259. The lowest BCUT2D eigenvalue weighted by atomic mass is 10.3. The van der Waals surface area contributed by atoms with Gasteiger partial charge < -0.3 is 10.0 Å². The molecule has 0 aromatic carbocycles. The van der Waals surface area contributed by atoms with Crippen molar-refractivity contribution in [2.24, 2.45) is 0 Å². The molecular weight excluding hydrogens is 278 g/mol. The van der Waals surface area contributed by atoms with Crippen LogP contribution in [0.1, 0.15) is 6.42 Å². The van der Waals surface area contributed by atoms with E-state index in [2.05, 4.69) is 20.5 Å². The molecule has 0 saturated carbocycles. The first-order valence-electron chi connectivity index (χ1n) is 6.21. The van der Waals surface area contributed by atoms with Gasteiger partial charge in [0.25, 0.3) is 0 Å². The van der Waals surface area contributed by atoms with Crippen LogP contribution in [0.25, 0.3) is 10.7 Å². The van der Waals surface area contributed by atoms with Crippen molar-refractivity contribution in [2.75, 3.05) is 18.4 Å². The SMILES string of the molecule is O=C(Nc1nnc(-c2ccccn2)s1)N1CC[C@H](O)C1. The molecule has 20 heavy (non-hydrogen) atoms. The molecule has 1 aliphatic rings. The van der Waals surface area contributed by atoms with E-state index in [9.17, 15) is 9.90 Å². The van der Waals surface area contributed by atoms with Crippen LogP contribution in [0.15, 0.2) is 24.4 Å². The second kappa shape index (κ2) is 5.51. The molecule has 3 rings (SSSR count). The Bertz CT molecular complexity index is 603. The van der Waals surface area contributed by atoms with E-state index in [1.165, 1.54) is 11.3 Å². The average Bonchev–Trinajstić information content (AvgIpc) is 3.09. The maximum absolute atomic E-state index is 11.9. The van der Waals surface area contributed by atoms with Crippen molar-refractivity contribution in [2.45, 2.75) is 12.5 Å². The molecule has 0 spiro atoms. The maximum atomic E-state index is 11.9. The van der Waals surface area contributed by atoms with Gasteiger partial charge in [0.1, 0.15) is 5.69 Å². The molecule has 3 heterocycles. The van der Waals surface area contributed by atoms with Crippen LogP contribution in [-0.4, -0.2) is 50.4 Å². The van der Waals surface area contributed by atoms with E-state index in [0.29, 0.717) is 29.6 Å². The van der Waals surface area contributed by atoms with Gasteiger partial charge in [-0.25, -0.2) is 4.79 Å². The Morgan fingerprint density at radius 1 is 1.45 bits per heavy atom. The summed E-state index contributed by atoms with van der Waals surface area (Å²) in [7, 11) is 0. The van der Waals surface area contributed by atoms with Crippen LogP contribution in [-0.2, 0) is 0 Å². The van der Waals surface area contributed by atoms with Crippen LogP contribution < -0.4 is 5.32 Å². The molecular formula is C12H13N5O2S. The van der Waals surface area contributed by atoms with E-state index < -0.39 is 6.10 Å². The summed E-state index contributed by atoms with van der Waals surface area (Å²) in [4.78, 5) is 17.7. The standard InChI is InChI=1S/C12H13N5O2S/c18-8-4-6-17(7-8)12(19)14-11-16-15-10(20-11)9-3-1-2-5-13-9/h1-3,5,8,18H,4,6-7H2,(H,14,16,19)/t8-/m0/s1. The Hall–Kier alpha value is -2.06. The van der Waals surface area contributed by atoms with Crippen molar-refractivity contribution in [3.63, 3.8) is 0 Å². The highest BCUT2D eigenvalue weighted by Crippen LogP contribution is 2.24. The molecule has 2 aromatic heterocycles. The molecule has 2 amide bonds. The molecule has 1 saturated heterocycles. The number of likely N-dealkylation sites (tertiary alicyclic amines) is 1. The lowest BCUT2D eigenvalue weighted by Crippen LogP contribution is -2.33. The number of aliphatic hydroxyl groups is 1. The third-order valence-corrected chi connectivity index (χ3v) is 3.83. The number of hydrogen-bond donors (Lipinski definition) is 2. The molecule has 2 N–H and O–H groups in total. The van der Waals surface area contributed by atoms with Gasteiger partial charge in [0, 0.05) is 19.3 Å². The summed E-state index contributed by atoms with van der Waals surface area (Å²) in [6.07, 6.45) is 1.86. The zero-order valence-electron chi connectivity index (χ0n) is 10.6. The topological polar surface area (TPSA) is 91.2 Å². The second-order valence-corrected chi connectivity index (χ2v) is 5.42. The van der Waals surface area contributed by atoms with Crippen molar-refractivity contribution in [1.29, 1.82) is 0 Å². The minimum Gasteiger partial charge on any atom is -0.391 e. The first-order chi connectivity index (χ1) is 9.72. The van der Waals surface area contributed by atoms with E-state index >= 15 is 0 Å². The Balaban J connectivity index is 1.67. The summed E-state index contributed by atoms with van der Waals surface area (Å²) in [6, 6.07) is 5.27. The van der Waals surface area contributed by atoms with Crippen molar-refractivity contribution in [1.82, 2.24) is 20.1 Å². The van der Waals surface area contributed by atoms with Gasteiger partial charge in [0.15, 0.2) is 5.01 Å². The number of β-amino-alcohol motifs (C(OH)–C–C–N with tert-alkyl or cyclic N) is 1. The summed E-state index contributed by atoms with van der Waals surface area (Å²) >= 11 is 1.27. The van der Waals surface area contributed by atoms with Gasteiger partial charge in [-0.15, -0.1) is 10.2 Å². The summed E-state index contributed by atoms with van der Waals surface area (Å²) in [5.74, 6) is 0. The van der Waals surface area contributed by atoms with Crippen LogP contribution in [0.5, 0.6) is 0 Å². The number of carbonyl (C=O) groups excluding carboxylic acids is 1. The number of rotatable bonds is 2. The summed E-state index contributed by atoms with van der Waals surface area (Å²) in [5, 5.41) is 21.1. The summed E-state index contributed by atoms with van der Waals surface area (Å²) in [6.45, 7) is 0.913. The zero-order valence-corrected chi connectivity index (χ0v) is 11.4. The number of amides is 2. The van der Waals surface area contributed by atoms with E-state index in [1.54, 1.807) is 11.1 Å². The molecule has 8 heteroatoms. The van der Waals surface area contributed by atoms with Gasteiger partial charge in [-0.2, -0.15) is 0 Å². The number of pyridine rings is 1. The summed E-state index contributed by atoms with van der Waals surface area (Å²) in [5.41, 5.74) is 0.724. The Morgan fingerprint density at radius 2 is 2.35 bits per heavy atom. The normalized spacial score (nSPS) is 18.2. The van der Waals surface area contributed by atoms with Gasteiger partial charge >= 0.3 is 6.03 Å². The third-order valence-electron chi connectivity index (χ3n) is 2.97. The van der Waals surface area contributed by atoms with Crippen molar-refractivity contribution >= 4 is 22.5 Å². The molecule has 1 aliphatic heterocycles. The first-order valence-corrected chi connectivity index (χ1v) is 7.03. The lowest BCUT2D eigenvalue weighted by Gasteiger charge is -2.14. The number of anilines is 1. The fraction of sp³-hybridized carbons (Fsp3) is 0.333. The van der Waals surface area contributed by atoms with E-state index in [4.69, 9.17) is 0 Å². The van der Waals surface area contributed by atoms with Gasteiger partial charge in [-0.05, 0) is 18.6 Å². The smallest absolute Gasteiger partial charge is 0.323 e. The highest BCUT2D eigenvalue weighted by Gasteiger charge is 2.25. The molecule has 0 bridgehead atoms. The van der Waals surface area contributed by atoms with Gasteiger partial charge in [-0.1, -0.05) is 17.4 Å². The highest BCUT2D eigenvalue weighted by molar-refractivity contribution is 7.18. The largest absolute Gasteiger partial charge is 0.391 e. The third kappa shape index (κ3) is 2.75. The van der Waals surface area contributed by atoms with Crippen LogP contribution >= 0.6 is 11.3 Å². The van der Waals surface area contributed by atoms with Gasteiger partial charge in [-0.3, -0.25) is 10.3 Å². The monoisotopic (exact) mass is 291 g/mol. The number of carbonyl (C=O) groups is 1. The average molecular weight is 291 g/mol. The predicted molar refractivity (Wildman–Crippen MR) is 74.4 cm³/mol. The number of hydrogen-bond acceptors (Lipinski definition) is 6. The lowest BCUT2D eigenvalue weighted by molar-refractivity contribution is 0.176. The van der Waals surface area contributed by atoms with Crippen molar-refractivity contribution < 1.29 is 9.90 Å². The number of aromatic nitrogens is 3. The maximum Gasteiger partial charge on any atom is 0.323 e. The van der Waals surface area contributed by atoms with Gasteiger partial charge in [0.05, 0.1) is 6.10 Å². The Morgan fingerprint density at radius 3 is 3.05 bits per heavy atom. The molecule has 2 aromatic rings. The second-order valence-electron chi connectivity index (χ2n) is 4.45. The van der Waals surface area contributed by atoms with Crippen LogP contribution in [0.3, 0.4) is 0 Å². The first kappa shape index (κ1) is 12.9. The van der Waals surface area contributed by atoms with Crippen LogP contribution in [0.4, 0.5) is 9.93 Å². The number of aliphatic hydroxyl groups excluding tert-OH is 1. The van der Waals surface area contributed by atoms with E-state index in [1.807, 2.05) is 18.2 Å². The Kier molecular flexibility index (Phi) is 3.57. The molecule has 0 unspecified atom stereocenters. The van der Waals surface area contributed by atoms with Crippen LogP contribution in [0.2, 0.25) is 0 Å². The number of nitrogens with zero attached hydrogens (tertiary/aromatic N) is 4. The molecule has 1 atom stereocenters. The van der Waals surface area contributed by atoms with E-state index in [-0.39, 0.29) is 6.03 Å². The molecule has 0 radical (unpaired) electrons. The number of nitrogens with one attached hydrogen (secondary N) is 1. The van der Waals surface area contributed by atoms with E-state index in [0.717, 1.165) is 5.69 Å². The highest BCUT2D eigenvalue weighted by atomic mass is 32.1. The fourth-order valence-corrected chi connectivity index (χ4v) is 2.67. The quantitative estimate of drug-likeness (QED) is 0.867. The molecule has 1 fully saturated rings. The number of urea groups is 1. The van der Waals surface area contributed by atoms with Crippen molar-refractivity contribution in [3.8, 4) is 10.7 Å². The predicted octanol–water partition coefficient (Wildman–Crippen LogP) is 1.20.